The molecule has 2 fully saturated rings. The van der Waals surface area contributed by atoms with Gasteiger partial charge in [0.15, 0.2) is 0 Å². The fourth-order valence-electron chi connectivity index (χ4n) is 3.76. The zero-order chi connectivity index (χ0) is 18.5. The van der Waals surface area contributed by atoms with Crippen LogP contribution in [0.4, 0.5) is 8.78 Å². The maximum Gasteiger partial charge on any atom is 0.387 e. The molecule has 1 saturated heterocycles. The van der Waals surface area contributed by atoms with E-state index in [0.717, 1.165) is 12.8 Å². The summed E-state index contributed by atoms with van der Waals surface area (Å²) in [5.41, 5.74) is 0.124. The number of rotatable bonds is 5. The van der Waals surface area contributed by atoms with Crippen LogP contribution in [0, 0.1) is 5.92 Å². The van der Waals surface area contributed by atoms with Crippen LogP contribution in [0.1, 0.15) is 42.5 Å². The van der Waals surface area contributed by atoms with Crippen molar-refractivity contribution in [3.63, 3.8) is 0 Å². The topological polar surface area (TPSA) is 49.9 Å². The molecule has 1 aromatic carbocycles. The minimum absolute atomic E-state index is 0.118. The Morgan fingerprint density at radius 2 is 1.65 bits per heavy atom. The second-order valence-corrected chi connectivity index (χ2v) is 6.90. The van der Waals surface area contributed by atoms with Gasteiger partial charge in [-0.2, -0.15) is 8.78 Å². The van der Waals surface area contributed by atoms with E-state index in [1.807, 2.05) is 4.90 Å². The first kappa shape index (κ1) is 18.6. The first-order valence-corrected chi connectivity index (χ1v) is 9.15. The normalized spacial score (nSPS) is 18.4. The molecule has 0 unspecified atom stereocenters. The van der Waals surface area contributed by atoms with E-state index in [-0.39, 0.29) is 23.1 Å². The van der Waals surface area contributed by atoms with Crippen molar-refractivity contribution in [3.8, 4) is 5.75 Å². The van der Waals surface area contributed by atoms with Crippen LogP contribution in [0.3, 0.4) is 0 Å². The quantitative estimate of drug-likeness (QED) is 0.804. The van der Waals surface area contributed by atoms with Crippen LogP contribution in [0.5, 0.6) is 5.75 Å². The Morgan fingerprint density at radius 3 is 2.31 bits per heavy atom. The van der Waals surface area contributed by atoms with Gasteiger partial charge in [-0.05, 0) is 30.9 Å². The summed E-state index contributed by atoms with van der Waals surface area (Å²) in [6.45, 7) is -1.21. The Kier molecular flexibility index (Phi) is 6.06. The summed E-state index contributed by atoms with van der Waals surface area (Å²) in [7, 11) is 0. The van der Waals surface area contributed by atoms with E-state index in [4.69, 9.17) is 0 Å². The SMILES string of the molecule is O=C(CC1CCCC1)N1CCN(C(=O)c2ccccc2OC(F)F)CC1. The maximum absolute atomic E-state index is 12.7. The van der Waals surface area contributed by atoms with Crippen molar-refractivity contribution in [2.45, 2.75) is 38.7 Å². The molecule has 2 aliphatic rings. The number of para-hydroxylation sites is 1. The van der Waals surface area contributed by atoms with Crippen LogP contribution in [0.25, 0.3) is 0 Å². The van der Waals surface area contributed by atoms with Crippen molar-refractivity contribution < 1.29 is 23.1 Å². The standard InChI is InChI=1S/C19H24F2N2O3/c20-19(21)26-16-8-4-3-7-15(16)18(25)23-11-9-22(10-12-23)17(24)13-14-5-1-2-6-14/h3-4,7-8,14,19H,1-2,5-6,9-13H2. The molecule has 1 aromatic rings. The van der Waals surface area contributed by atoms with Crippen LogP contribution in [-0.4, -0.2) is 54.4 Å². The van der Waals surface area contributed by atoms with Crippen molar-refractivity contribution in [1.82, 2.24) is 9.80 Å². The average molecular weight is 366 g/mol. The first-order valence-electron chi connectivity index (χ1n) is 9.15. The highest BCUT2D eigenvalue weighted by Crippen LogP contribution is 2.28. The maximum atomic E-state index is 12.7. The van der Waals surface area contributed by atoms with E-state index in [9.17, 15) is 18.4 Å². The molecule has 5 nitrogen and oxygen atoms in total. The number of hydrogen-bond acceptors (Lipinski definition) is 3. The molecule has 0 N–H and O–H groups in total. The van der Waals surface area contributed by atoms with Gasteiger partial charge in [0.1, 0.15) is 5.75 Å². The third kappa shape index (κ3) is 4.51. The Morgan fingerprint density at radius 1 is 1.04 bits per heavy atom. The lowest BCUT2D eigenvalue weighted by atomic mass is 10.0. The van der Waals surface area contributed by atoms with Crippen LogP contribution in [0.2, 0.25) is 0 Å². The van der Waals surface area contributed by atoms with E-state index in [1.54, 1.807) is 17.0 Å². The lowest BCUT2D eigenvalue weighted by Crippen LogP contribution is -2.50. The summed E-state index contributed by atoms with van der Waals surface area (Å²) in [6.07, 6.45) is 5.27. The predicted octanol–water partition coefficient (Wildman–Crippen LogP) is 3.15. The Balaban J connectivity index is 1.56. The van der Waals surface area contributed by atoms with Gasteiger partial charge in [0.05, 0.1) is 5.56 Å². The molecule has 142 valence electrons. The molecule has 1 aliphatic heterocycles. The number of ether oxygens (including phenoxy) is 1. The number of carbonyl (C=O) groups excluding carboxylic acids is 2. The summed E-state index contributed by atoms with van der Waals surface area (Å²) in [6, 6.07) is 6.01. The van der Waals surface area contributed by atoms with Crippen molar-refractivity contribution >= 4 is 11.8 Å². The summed E-state index contributed by atoms with van der Waals surface area (Å²) < 4.78 is 29.5. The lowest BCUT2D eigenvalue weighted by molar-refractivity contribution is -0.133. The molecule has 0 spiro atoms. The Hall–Kier alpha value is -2.18. The van der Waals surface area contributed by atoms with Gasteiger partial charge in [-0.15, -0.1) is 0 Å². The van der Waals surface area contributed by atoms with Gasteiger partial charge in [0.25, 0.3) is 5.91 Å². The molecule has 1 aliphatic carbocycles. The Labute approximate surface area is 151 Å². The van der Waals surface area contributed by atoms with Gasteiger partial charge in [-0.1, -0.05) is 25.0 Å². The second kappa shape index (κ2) is 8.47. The van der Waals surface area contributed by atoms with E-state index < -0.39 is 6.61 Å². The zero-order valence-corrected chi connectivity index (χ0v) is 14.7. The van der Waals surface area contributed by atoms with Crippen LogP contribution in [-0.2, 0) is 4.79 Å². The van der Waals surface area contributed by atoms with Crippen molar-refractivity contribution in [1.29, 1.82) is 0 Å². The summed E-state index contributed by atoms with van der Waals surface area (Å²) in [4.78, 5) is 28.4. The zero-order valence-electron chi connectivity index (χ0n) is 14.7. The number of carbonyl (C=O) groups is 2. The monoisotopic (exact) mass is 366 g/mol. The molecular weight excluding hydrogens is 342 g/mol. The van der Waals surface area contributed by atoms with Crippen molar-refractivity contribution in [2.75, 3.05) is 26.2 Å². The summed E-state index contributed by atoms with van der Waals surface area (Å²) in [5.74, 6) is 0.197. The van der Waals surface area contributed by atoms with E-state index in [2.05, 4.69) is 4.74 Å². The molecule has 1 saturated carbocycles. The molecule has 0 bridgehead atoms. The Bertz CT molecular complexity index is 639. The van der Waals surface area contributed by atoms with Crippen molar-refractivity contribution in [2.24, 2.45) is 5.92 Å². The van der Waals surface area contributed by atoms with E-state index >= 15 is 0 Å². The summed E-state index contributed by atoms with van der Waals surface area (Å²) in [5, 5.41) is 0. The highest BCUT2D eigenvalue weighted by Gasteiger charge is 2.28. The minimum atomic E-state index is -2.98. The molecular formula is C19H24F2N2O3. The number of halogens is 2. The van der Waals surface area contributed by atoms with E-state index in [0.29, 0.717) is 38.5 Å². The fraction of sp³-hybridized carbons (Fsp3) is 0.579. The first-order chi connectivity index (χ1) is 12.5. The highest BCUT2D eigenvalue weighted by molar-refractivity contribution is 5.97. The third-order valence-electron chi connectivity index (χ3n) is 5.19. The summed E-state index contributed by atoms with van der Waals surface area (Å²) >= 11 is 0. The smallest absolute Gasteiger partial charge is 0.387 e. The van der Waals surface area contributed by atoms with Gasteiger partial charge in [-0.25, -0.2) is 0 Å². The molecule has 7 heteroatoms. The molecule has 26 heavy (non-hydrogen) atoms. The van der Waals surface area contributed by atoms with Gasteiger partial charge >= 0.3 is 6.61 Å². The fourth-order valence-corrected chi connectivity index (χ4v) is 3.76. The number of nitrogens with zero attached hydrogens (tertiary/aromatic N) is 2. The molecule has 0 aromatic heterocycles. The molecule has 3 rings (SSSR count). The second-order valence-electron chi connectivity index (χ2n) is 6.90. The van der Waals surface area contributed by atoms with Gasteiger partial charge in [0, 0.05) is 32.6 Å². The van der Waals surface area contributed by atoms with Crippen LogP contribution < -0.4 is 4.74 Å². The predicted molar refractivity (Wildman–Crippen MR) is 92.1 cm³/mol. The third-order valence-corrected chi connectivity index (χ3v) is 5.19. The average Bonchev–Trinajstić information content (AvgIpc) is 3.14. The van der Waals surface area contributed by atoms with Gasteiger partial charge in [0.2, 0.25) is 5.91 Å². The number of hydrogen-bond donors (Lipinski definition) is 0. The van der Waals surface area contributed by atoms with E-state index in [1.165, 1.54) is 25.0 Å². The molecule has 2 amide bonds. The number of amides is 2. The minimum Gasteiger partial charge on any atom is -0.434 e. The number of piperazine rings is 1. The van der Waals surface area contributed by atoms with Gasteiger partial charge in [-0.3, -0.25) is 9.59 Å². The highest BCUT2D eigenvalue weighted by atomic mass is 19.3. The molecule has 0 atom stereocenters. The van der Waals surface area contributed by atoms with Crippen LogP contribution in [0.15, 0.2) is 24.3 Å². The number of benzene rings is 1. The number of alkyl halides is 2. The molecule has 1 heterocycles. The largest absolute Gasteiger partial charge is 0.434 e. The van der Waals surface area contributed by atoms with Crippen LogP contribution >= 0.6 is 0 Å². The van der Waals surface area contributed by atoms with Crippen molar-refractivity contribution in [3.05, 3.63) is 29.8 Å². The molecule has 0 radical (unpaired) electrons. The van der Waals surface area contributed by atoms with Gasteiger partial charge < -0.3 is 14.5 Å². The lowest BCUT2D eigenvalue weighted by Gasteiger charge is -2.35.